The van der Waals surface area contributed by atoms with E-state index < -0.39 is 11.4 Å². The molecule has 0 aliphatic heterocycles. The Bertz CT molecular complexity index is 539. The molecule has 0 atom stereocenters. The quantitative estimate of drug-likeness (QED) is 0.611. The van der Waals surface area contributed by atoms with Gasteiger partial charge >= 0.3 is 10.8 Å². The minimum absolute atomic E-state index is 0.100. The van der Waals surface area contributed by atoms with E-state index in [1.807, 2.05) is 6.92 Å². The number of methoxy groups -OCH3 is 1. The SMILES string of the molecule is COC(=O)C(C)(C)C(=O)Cn1c(C)c(C)sc1=O. The van der Waals surface area contributed by atoms with Crippen LogP contribution in [0.4, 0.5) is 0 Å². The van der Waals surface area contributed by atoms with Crippen LogP contribution >= 0.6 is 11.3 Å². The van der Waals surface area contributed by atoms with Crippen molar-refractivity contribution in [3.05, 3.63) is 20.2 Å². The van der Waals surface area contributed by atoms with E-state index in [1.165, 1.54) is 25.5 Å². The molecule has 0 bridgehead atoms. The van der Waals surface area contributed by atoms with Gasteiger partial charge < -0.3 is 4.74 Å². The van der Waals surface area contributed by atoms with E-state index >= 15 is 0 Å². The number of aromatic nitrogens is 1. The van der Waals surface area contributed by atoms with Crippen molar-refractivity contribution in [2.75, 3.05) is 7.11 Å². The number of nitrogens with zero attached hydrogens (tertiary/aromatic N) is 1. The fraction of sp³-hybridized carbons (Fsp3) is 0.583. The predicted molar refractivity (Wildman–Crippen MR) is 68.9 cm³/mol. The molecule has 0 N–H and O–H groups in total. The molecule has 1 heterocycles. The average Bonchev–Trinajstić information content (AvgIpc) is 2.54. The van der Waals surface area contributed by atoms with Crippen molar-refractivity contribution in [3.8, 4) is 0 Å². The molecule has 0 saturated carbocycles. The van der Waals surface area contributed by atoms with Gasteiger partial charge in [-0.05, 0) is 27.7 Å². The van der Waals surface area contributed by atoms with Gasteiger partial charge in [-0.15, -0.1) is 0 Å². The zero-order chi connectivity index (χ0) is 14.1. The zero-order valence-corrected chi connectivity index (χ0v) is 12.0. The van der Waals surface area contributed by atoms with Gasteiger partial charge in [-0.1, -0.05) is 11.3 Å². The minimum atomic E-state index is -1.24. The molecular weight excluding hydrogens is 254 g/mol. The summed E-state index contributed by atoms with van der Waals surface area (Å²) in [5, 5.41) is 0. The lowest BCUT2D eigenvalue weighted by Gasteiger charge is -2.20. The van der Waals surface area contributed by atoms with Gasteiger partial charge in [0.2, 0.25) is 0 Å². The van der Waals surface area contributed by atoms with E-state index in [4.69, 9.17) is 0 Å². The molecule has 0 aromatic carbocycles. The number of carbonyl (C=O) groups excluding carboxylic acids is 2. The highest BCUT2D eigenvalue weighted by Crippen LogP contribution is 2.20. The van der Waals surface area contributed by atoms with Gasteiger partial charge in [-0.3, -0.25) is 19.0 Å². The Morgan fingerprint density at radius 2 is 1.89 bits per heavy atom. The van der Waals surface area contributed by atoms with Gasteiger partial charge in [0.05, 0.1) is 13.7 Å². The van der Waals surface area contributed by atoms with Crippen molar-refractivity contribution in [1.29, 1.82) is 0 Å². The maximum Gasteiger partial charge on any atom is 0.318 e. The third-order valence-electron chi connectivity index (χ3n) is 3.07. The Morgan fingerprint density at radius 1 is 1.33 bits per heavy atom. The second-order valence-electron chi connectivity index (χ2n) is 4.64. The Balaban J connectivity index is 3.02. The maximum atomic E-state index is 12.1. The van der Waals surface area contributed by atoms with Crippen LogP contribution in [0.1, 0.15) is 24.4 Å². The molecule has 0 amide bonds. The third kappa shape index (κ3) is 2.53. The first-order valence-corrected chi connectivity index (χ1v) is 6.32. The monoisotopic (exact) mass is 271 g/mol. The van der Waals surface area contributed by atoms with Gasteiger partial charge in [0, 0.05) is 10.6 Å². The van der Waals surface area contributed by atoms with Crippen LogP contribution in [0.5, 0.6) is 0 Å². The third-order valence-corrected chi connectivity index (χ3v) is 4.07. The van der Waals surface area contributed by atoms with E-state index in [2.05, 4.69) is 4.74 Å². The number of carbonyl (C=O) groups is 2. The number of thiazole rings is 1. The molecule has 0 radical (unpaired) electrons. The second kappa shape index (κ2) is 5.06. The largest absolute Gasteiger partial charge is 0.468 e. The van der Waals surface area contributed by atoms with E-state index in [-0.39, 0.29) is 17.2 Å². The number of ether oxygens (including phenoxy) is 1. The van der Waals surface area contributed by atoms with E-state index in [1.54, 1.807) is 6.92 Å². The standard InChI is InChI=1S/C12H17NO4S/c1-7-8(2)18-11(16)13(7)6-9(14)12(3,4)10(15)17-5/h6H2,1-5H3. The summed E-state index contributed by atoms with van der Waals surface area (Å²) in [4.78, 5) is 36.0. The van der Waals surface area contributed by atoms with Crippen molar-refractivity contribution in [1.82, 2.24) is 4.57 Å². The van der Waals surface area contributed by atoms with Crippen LogP contribution in [0.25, 0.3) is 0 Å². The van der Waals surface area contributed by atoms with Gasteiger partial charge in [0.1, 0.15) is 5.41 Å². The Labute approximate surface area is 109 Å². The summed E-state index contributed by atoms with van der Waals surface area (Å²) in [5.74, 6) is -0.928. The molecule has 0 spiro atoms. The number of esters is 1. The van der Waals surface area contributed by atoms with Crippen LogP contribution in [-0.2, 0) is 20.9 Å². The fourth-order valence-corrected chi connectivity index (χ4v) is 2.31. The second-order valence-corrected chi connectivity index (χ2v) is 5.80. The molecule has 0 fully saturated rings. The molecule has 100 valence electrons. The van der Waals surface area contributed by atoms with E-state index in [0.29, 0.717) is 0 Å². The number of hydrogen-bond donors (Lipinski definition) is 0. The number of aryl methyl sites for hydroxylation is 1. The van der Waals surface area contributed by atoms with Crippen LogP contribution in [0.3, 0.4) is 0 Å². The summed E-state index contributed by atoms with van der Waals surface area (Å²) in [6, 6.07) is 0. The summed E-state index contributed by atoms with van der Waals surface area (Å²) in [7, 11) is 1.24. The molecular formula is C12H17NO4S. The Hall–Kier alpha value is -1.43. The van der Waals surface area contributed by atoms with Crippen LogP contribution in [0, 0.1) is 19.3 Å². The normalized spacial score (nSPS) is 11.4. The summed E-state index contributed by atoms with van der Waals surface area (Å²) in [6.07, 6.45) is 0. The number of rotatable bonds is 4. The molecule has 1 aromatic rings. The molecule has 1 rings (SSSR count). The molecule has 0 aliphatic carbocycles. The first-order chi connectivity index (χ1) is 8.21. The van der Waals surface area contributed by atoms with Gasteiger partial charge in [0.15, 0.2) is 5.78 Å². The van der Waals surface area contributed by atoms with Crippen molar-refractivity contribution in [2.45, 2.75) is 34.2 Å². The molecule has 0 aliphatic rings. The molecule has 5 nitrogen and oxygen atoms in total. The van der Waals surface area contributed by atoms with Crippen LogP contribution < -0.4 is 4.87 Å². The lowest BCUT2D eigenvalue weighted by Crippen LogP contribution is -2.38. The summed E-state index contributed by atoms with van der Waals surface area (Å²) in [6.45, 7) is 6.51. The van der Waals surface area contributed by atoms with Crippen molar-refractivity contribution in [2.24, 2.45) is 5.41 Å². The van der Waals surface area contributed by atoms with E-state index in [0.717, 1.165) is 21.9 Å². The minimum Gasteiger partial charge on any atom is -0.468 e. The smallest absolute Gasteiger partial charge is 0.318 e. The first-order valence-electron chi connectivity index (χ1n) is 5.50. The van der Waals surface area contributed by atoms with E-state index in [9.17, 15) is 14.4 Å². The predicted octanol–water partition coefficient (Wildman–Crippen LogP) is 1.29. The van der Waals surface area contributed by atoms with Crippen LogP contribution in [0.2, 0.25) is 0 Å². The highest BCUT2D eigenvalue weighted by atomic mass is 32.1. The highest BCUT2D eigenvalue weighted by molar-refractivity contribution is 7.09. The summed E-state index contributed by atoms with van der Waals surface area (Å²) in [5.41, 5.74) is -0.477. The Kier molecular flexibility index (Phi) is 4.11. The average molecular weight is 271 g/mol. The van der Waals surface area contributed by atoms with Crippen molar-refractivity contribution < 1.29 is 14.3 Å². The van der Waals surface area contributed by atoms with Crippen LogP contribution in [-0.4, -0.2) is 23.4 Å². The highest BCUT2D eigenvalue weighted by Gasteiger charge is 2.37. The zero-order valence-electron chi connectivity index (χ0n) is 11.2. The van der Waals surface area contributed by atoms with Crippen molar-refractivity contribution in [3.63, 3.8) is 0 Å². The summed E-state index contributed by atoms with van der Waals surface area (Å²) >= 11 is 1.10. The maximum absolute atomic E-state index is 12.1. The fourth-order valence-electron chi connectivity index (χ4n) is 1.48. The first kappa shape index (κ1) is 14.6. The molecule has 0 saturated heterocycles. The lowest BCUT2D eigenvalue weighted by atomic mass is 9.88. The number of ketones is 1. The lowest BCUT2D eigenvalue weighted by molar-refractivity contribution is -0.155. The van der Waals surface area contributed by atoms with Crippen LogP contribution in [0.15, 0.2) is 4.79 Å². The number of Topliss-reactive ketones (excluding diaryl/α,β-unsaturated/α-hetero) is 1. The summed E-state index contributed by atoms with van der Waals surface area (Å²) < 4.78 is 5.99. The molecule has 0 unspecified atom stereocenters. The number of hydrogen-bond acceptors (Lipinski definition) is 5. The van der Waals surface area contributed by atoms with Gasteiger partial charge in [0.25, 0.3) is 0 Å². The molecule has 6 heteroatoms. The van der Waals surface area contributed by atoms with Gasteiger partial charge in [-0.2, -0.15) is 0 Å². The van der Waals surface area contributed by atoms with Gasteiger partial charge in [-0.25, -0.2) is 0 Å². The topological polar surface area (TPSA) is 65.4 Å². The van der Waals surface area contributed by atoms with Crippen molar-refractivity contribution >= 4 is 23.1 Å². The molecule has 1 aromatic heterocycles. The molecule has 18 heavy (non-hydrogen) atoms. The Morgan fingerprint density at radius 3 is 2.28 bits per heavy atom.